The van der Waals surface area contributed by atoms with Crippen LogP contribution in [0, 0.1) is 5.92 Å². The molecule has 0 spiro atoms. The monoisotopic (exact) mass is 662 g/mol. The van der Waals surface area contributed by atoms with E-state index in [0.717, 1.165) is 17.3 Å². The number of hydrogen-bond acceptors (Lipinski definition) is 3. The second-order valence-electron chi connectivity index (χ2n) is 7.79. The fourth-order valence-corrected chi connectivity index (χ4v) is 4.45. The van der Waals surface area contributed by atoms with Crippen molar-refractivity contribution in [1.82, 2.24) is 10.2 Å². The SMILES string of the molecule is O=C(c1ccc2c(Oc3ccc(C(F)(I)I)cc3)cccc2c1)N1CC(CNCCF)C1. The molecular formula is C24H22F2I2N2O2. The summed E-state index contributed by atoms with van der Waals surface area (Å²) in [7, 11) is 0. The van der Waals surface area contributed by atoms with Gasteiger partial charge in [-0.1, -0.05) is 24.3 Å². The average Bonchev–Trinajstić information content (AvgIpc) is 2.74. The molecule has 1 fully saturated rings. The number of carbonyl (C=O) groups is 1. The predicted octanol–water partition coefficient (Wildman–Crippen LogP) is 6.21. The number of nitrogens with zero attached hydrogens (tertiary/aromatic N) is 1. The molecule has 0 aromatic heterocycles. The highest BCUT2D eigenvalue weighted by atomic mass is 127. The van der Waals surface area contributed by atoms with Gasteiger partial charge in [0, 0.05) is 48.6 Å². The topological polar surface area (TPSA) is 41.6 Å². The summed E-state index contributed by atoms with van der Waals surface area (Å²) in [5, 5.41) is 4.86. The van der Waals surface area contributed by atoms with Crippen LogP contribution in [0.15, 0.2) is 60.7 Å². The van der Waals surface area contributed by atoms with Crippen molar-refractivity contribution in [2.24, 2.45) is 5.92 Å². The minimum atomic E-state index is -1.46. The van der Waals surface area contributed by atoms with Crippen molar-refractivity contribution < 1.29 is 18.3 Å². The summed E-state index contributed by atoms with van der Waals surface area (Å²) in [6.07, 6.45) is 0. The Kier molecular flexibility index (Phi) is 7.51. The molecule has 32 heavy (non-hydrogen) atoms. The number of fused-ring (bicyclic) bond motifs is 1. The third-order valence-electron chi connectivity index (χ3n) is 5.45. The van der Waals surface area contributed by atoms with Gasteiger partial charge in [0.05, 0.1) is 0 Å². The minimum absolute atomic E-state index is 0.00264. The van der Waals surface area contributed by atoms with Crippen molar-refractivity contribution in [3.05, 3.63) is 71.8 Å². The van der Waals surface area contributed by atoms with Gasteiger partial charge in [0.1, 0.15) is 18.2 Å². The summed E-state index contributed by atoms with van der Waals surface area (Å²) < 4.78 is 30.8. The van der Waals surface area contributed by atoms with Crippen LogP contribution in [0.2, 0.25) is 0 Å². The Labute approximate surface area is 213 Å². The Morgan fingerprint density at radius 3 is 2.56 bits per heavy atom. The van der Waals surface area contributed by atoms with E-state index in [0.29, 0.717) is 48.2 Å². The van der Waals surface area contributed by atoms with Gasteiger partial charge >= 0.3 is 0 Å². The first-order valence-corrected chi connectivity index (χ1v) is 12.4. The molecule has 0 saturated carbocycles. The first-order valence-electron chi connectivity index (χ1n) is 10.3. The molecule has 4 nitrogen and oxygen atoms in total. The largest absolute Gasteiger partial charge is 0.457 e. The van der Waals surface area contributed by atoms with Gasteiger partial charge in [-0.15, -0.1) is 0 Å². The Hall–Kier alpha value is -1.53. The van der Waals surface area contributed by atoms with E-state index in [1.807, 2.05) is 41.3 Å². The highest BCUT2D eigenvalue weighted by Crippen LogP contribution is 2.41. The normalized spacial score (nSPS) is 14.4. The van der Waals surface area contributed by atoms with Crippen LogP contribution in [-0.2, 0) is 1.68 Å². The Bertz CT molecular complexity index is 1100. The lowest BCUT2D eigenvalue weighted by atomic mass is 9.98. The van der Waals surface area contributed by atoms with E-state index in [1.54, 1.807) is 69.4 Å². The molecule has 0 radical (unpaired) electrons. The zero-order valence-corrected chi connectivity index (χ0v) is 21.5. The summed E-state index contributed by atoms with van der Waals surface area (Å²) in [5.41, 5.74) is 1.20. The molecule has 1 amide bonds. The van der Waals surface area contributed by atoms with Crippen LogP contribution in [0.4, 0.5) is 8.78 Å². The van der Waals surface area contributed by atoms with Crippen molar-refractivity contribution in [1.29, 1.82) is 0 Å². The van der Waals surface area contributed by atoms with E-state index >= 15 is 0 Å². The van der Waals surface area contributed by atoms with Gasteiger partial charge < -0.3 is 15.0 Å². The van der Waals surface area contributed by atoms with Crippen LogP contribution < -0.4 is 10.1 Å². The fraction of sp³-hybridized carbons (Fsp3) is 0.292. The highest BCUT2D eigenvalue weighted by molar-refractivity contribution is 14.2. The van der Waals surface area contributed by atoms with Gasteiger partial charge in [0.15, 0.2) is 0 Å². The average molecular weight is 662 g/mol. The van der Waals surface area contributed by atoms with Crippen molar-refractivity contribution >= 4 is 61.9 Å². The number of benzene rings is 3. The first kappa shape index (κ1) is 23.6. The number of amides is 1. The van der Waals surface area contributed by atoms with Gasteiger partial charge in [0.25, 0.3) is 5.91 Å². The fourth-order valence-electron chi connectivity index (χ4n) is 3.74. The smallest absolute Gasteiger partial charge is 0.253 e. The summed E-state index contributed by atoms with van der Waals surface area (Å²) in [5.74, 6) is 1.67. The van der Waals surface area contributed by atoms with Crippen molar-refractivity contribution in [2.75, 3.05) is 32.9 Å². The minimum Gasteiger partial charge on any atom is -0.457 e. The maximum atomic E-state index is 14.1. The standard InChI is InChI=1S/C24H22F2I2N2O2/c25-10-11-29-13-16-14-30(15-16)23(31)18-4-9-21-17(12-18)2-1-3-22(21)32-20-7-5-19(6-8-20)24(26,27)28/h1-9,12,16,29H,10-11,13-15H2. The van der Waals surface area contributed by atoms with Crippen LogP contribution in [-0.4, -0.2) is 43.7 Å². The number of hydrogen-bond donors (Lipinski definition) is 1. The van der Waals surface area contributed by atoms with E-state index in [9.17, 15) is 13.6 Å². The molecule has 3 aromatic rings. The highest BCUT2D eigenvalue weighted by Gasteiger charge is 2.30. The van der Waals surface area contributed by atoms with E-state index in [-0.39, 0.29) is 12.6 Å². The number of halogens is 4. The second kappa shape index (κ2) is 10.2. The zero-order chi connectivity index (χ0) is 22.7. The summed E-state index contributed by atoms with van der Waals surface area (Å²) in [4.78, 5) is 14.6. The van der Waals surface area contributed by atoms with Crippen LogP contribution >= 0.6 is 45.2 Å². The van der Waals surface area contributed by atoms with E-state index in [1.165, 1.54) is 0 Å². The molecule has 4 rings (SSSR count). The maximum absolute atomic E-state index is 14.1. The molecule has 0 atom stereocenters. The summed E-state index contributed by atoms with van der Waals surface area (Å²) in [6, 6.07) is 18.2. The number of rotatable bonds is 8. The third kappa shape index (κ3) is 5.51. The lowest BCUT2D eigenvalue weighted by Crippen LogP contribution is -2.53. The molecule has 1 aliphatic rings. The molecule has 0 aliphatic carbocycles. The van der Waals surface area contributed by atoms with E-state index in [2.05, 4.69) is 5.32 Å². The Morgan fingerprint density at radius 2 is 1.88 bits per heavy atom. The van der Waals surface area contributed by atoms with Gasteiger partial charge in [-0.3, -0.25) is 4.79 Å². The zero-order valence-electron chi connectivity index (χ0n) is 17.2. The summed E-state index contributed by atoms with van der Waals surface area (Å²) >= 11 is 3.50. The first-order chi connectivity index (χ1) is 15.3. The van der Waals surface area contributed by atoms with Crippen LogP contribution in [0.5, 0.6) is 11.5 Å². The number of alkyl halides is 4. The lowest BCUT2D eigenvalue weighted by Gasteiger charge is -2.39. The molecule has 168 valence electrons. The lowest BCUT2D eigenvalue weighted by molar-refractivity contribution is 0.0500. The number of nitrogens with one attached hydrogen (secondary N) is 1. The number of ether oxygens (including phenoxy) is 1. The van der Waals surface area contributed by atoms with Gasteiger partial charge in [-0.25, -0.2) is 8.78 Å². The molecule has 1 saturated heterocycles. The second-order valence-corrected chi connectivity index (χ2v) is 12.8. The number of likely N-dealkylation sites (tertiary alicyclic amines) is 1. The predicted molar refractivity (Wildman–Crippen MR) is 140 cm³/mol. The molecule has 3 aromatic carbocycles. The van der Waals surface area contributed by atoms with E-state index < -0.39 is 1.68 Å². The Balaban J connectivity index is 1.45. The molecule has 1 aliphatic heterocycles. The van der Waals surface area contributed by atoms with Crippen molar-refractivity contribution in [3.8, 4) is 11.5 Å². The van der Waals surface area contributed by atoms with E-state index in [4.69, 9.17) is 4.74 Å². The quantitative estimate of drug-likeness (QED) is 0.177. The number of carbonyl (C=O) groups excluding carboxylic acids is 1. The third-order valence-corrected chi connectivity index (χ3v) is 6.69. The molecule has 8 heteroatoms. The molecule has 1 heterocycles. The molecule has 0 unspecified atom stereocenters. The van der Waals surface area contributed by atoms with Crippen molar-refractivity contribution in [3.63, 3.8) is 0 Å². The van der Waals surface area contributed by atoms with Gasteiger partial charge in [0.2, 0.25) is 1.68 Å². The summed E-state index contributed by atoms with van der Waals surface area (Å²) in [6.45, 7) is 2.08. The molecule has 1 N–H and O–H groups in total. The Morgan fingerprint density at radius 1 is 1.12 bits per heavy atom. The molecule has 0 bridgehead atoms. The molecular weight excluding hydrogens is 640 g/mol. The van der Waals surface area contributed by atoms with Crippen LogP contribution in [0.25, 0.3) is 10.8 Å². The van der Waals surface area contributed by atoms with Crippen LogP contribution in [0.3, 0.4) is 0 Å². The van der Waals surface area contributed by atoms with Crippen LogP contribution in [0.1, 0.15) is 15.9 Å². The van der Waals surface area contributed by atoms with Gasteiger partial charge in [-0.2, -0.15) is 0 Å². The maximum Gasteiger partial charge on any atom is 0.253 e. The van der Waals surface area contributed by atoms with Gasteiger partial charge in [-0.05, 0) is 87.0 Å². The van der Waals surface area contributed by atoms with Crippen molar-refractivity contribution in [2.45, 2.75) is 1.68 Å².